The molecule has 0 radical (unpaired) electrons. The highest BCUT2D eigenvalue weighted by Gasteiger charge is 2.39. The SMILES string of the molecule is CCCNC(C)(CN1c2ccccc2CC1C)C(=O)OC. The van der Waals surface area contributed by atoms with Crippen molar-refractivity contribution in [3.8, 4) is 0 Å². The third-order valence-electron chi connectivity index (χ3n) is 4.24. The molecule has 2 rings (SSSR count). The van der Waals surface area contributed by atoms with Crippen LogP contribution in [0, 0.1) is 0 Å². The summed E-state index contributed by atoms with van der Waals surface area (Å²) in [6.07, 6.45) is 2.01. The maximum atomic E-state index is 12.2. The summed E-state index contributed by atoms with van der Waals surface area (Å²) in [6.45, 7) is 7.66. The van der Waals surface area contributed by atoms with Crippen LogP contribution in [0.15, 0.2) is 24.3 Å². The molecule has 116 valence electrons. The van der Waals surface area contributed by atoms with Crippen LogP contribution >= 0.6 is 0 Å². The van der Waals surface area contributed by atoms with Crippen molar-refractivity contribution < 1.29 is 9.53 Å². The van der Waals surface area contributed by atoms with Crippen LogP contribution in [0.1, 0.15) is 32.8 Å². The predicted molar refractivity (Wildman–Crippen MR) is 85.7 cm³/mol. The van der Waals surface area contributed by atoms with Gasteiger partial charge in [-0.1, -0.05) is 25.1 Å². The zero-order valence-electron chi connectivity index (χ0n) is 13.5. The van der Waals surface area contributed by atoms with Crippen LogP contribution in [0.4, 0.5) is 5.69 Å². The Hall–Kier alpha value is -1.55. The summed E-state index contributed by atoms with van der Waals surface area (Å²) < 4.78 is 5.02. The Kier molecular flexibility index (Phi) is 4.88. The summed E-state index contributed by atoms with van der Waals surface area (Å²) in [5, 5.41) is 3.36. The smallest absolute Gasteiger partial charge is 0.327 e. The number of esters is 1. The quantitative estimate of drug-likeness (QED) is 0.817. The van der Waals surface area contributed by atoms with E-state index in [2.05, 4.69) is 48.3 Å². The molecule has 1 aliphatic rings. The van der Waals surface area contributed by atoms with Crippen molar-refractivity contribution in [3.05, 3.63) is 29.8 Å². The average Bonchev–Trinajstić information content (AvgIpc) is 2.80. The number of nitrogens with zero attached hydrogens (tertiary/aromatic N) is 1. The van der Waals surface area contributed by atoms with Gasteiger partial charge in [0.05, 0.1) is 7.11 Å². The Morgan fingerprint density at radius 3 is 2.86 bits per heavy atom. The topological polar surface area (TPSA) is 41.6 Å². The molecule has 0 amide bonds. The van der Waals surface area contributed by atoms with Gasteiger partial charge in [-0.2, -0.15) is 0 Å². The highest BCUT2D eigenvalue weighted by Crippen LogP contribution is 2.33. The van der Waals surface area contributed by atoms with Gasteiger partial charge in [0.2, 0.25) is 0 Å². The summed E-state index contributed by atoms with van der Waals surface area (Å²) in [6, 6.07) is 8.83. The number of methoxy groups -OCH3 is 1. The van der Waals surface area contributed by atoms with Crippen molar-refractivity contribution in [2.24, 2.45) is 0 Å². The number of anilines is 1. The van der Waals surface area contributed by atoms with E-state index in [-0.39, 0.29) is 5.97 Å². The molecular formula is C17H26N2O2. The highest BCUT2D eigenvalue weighted by molar-refractivity contribution is 5.81. The molecule has 0 aliphatic carbocycles. The molecule has 1 N–H and O–H groups in total. The fraction of sp³-hybridized carbons (Fsp3) is 0.588. The molecule has 0 saturated heterocycles. The molecule has 1 heterocycles. The highest BCUT2D eigenvalue weighted by atomic mass is 16.5. The lowest BCUT2D eigenvalue weighted by atomic mass is 10.0. The number of hydrogen-bond acceptors (Lipinski definition) is 4. The summed E-state index contributed by atoms with van der Waals surface area (Å²) >= 11 is 0. The maximum absolute atomic E-state index is 12.2. The molecule has 1 aromatic rings. The lowest BCUT2D eigenvalue weighted by molar-refractivity contribution is -0.147. The van der Waals surface area contributed by atoms with Gasteiger partial charge < -0.3 is 15.0 Å². The Labute approximate surface area is 127 Å². The second-order valence-electron chi connectivity index (χ2n) is 6.06. The number of benzene rings is 1. The van der Waals surface area contributed by atoms with Gasteiger partial charge in [0.1, 0.15) is 5.54 Å². The number of fused-ring (bicyclic) bond motifs is 1. The first-order valence-corrected chi connectivity index (χ1v) is 7.70. The minimum Gasteiger partial charge on any atom is -0.468 e. The van der Waals surface area contributed by atoms with Crippen molar-refractivity contribution in [3.63, 3.8) is 0 Å². The van der Waals surface area contributed by atoms with Crippen molar-refractivity contribution >= 4 is 11.7 Å². The summed E-state index contributed by atoms with van der Waals surface area (Å²) in [5.74, 6) is -0.201. The third kappa shape index (κ3) is 3.21. The van der Waals surface area contributed by atoms with Gasteiger partial charge in [-0.05, 0) is 44.9 Å². The first-order valence-electron chi connectivity index (χ1n) is 7.70. The molecule has 4 nitrogen and oxygen atoms in total. The van der Waals surface area contributed by atoms with Crippen LogP contribution in [-0.4, -0.2) is 37.7 Å². The van der Waals surface area contributed by atoms with Crippen LogP contribution in [0.5, 0.6) is 0 Å². The van der Waals surface area contributed by atoms with E-state index < -0.39 is 5.54 Å². The molecule has 0 bridgehead atoms. The number of carbonyl (C=O) groups is 1. The number of hydrogen-bond donors (Lipinski definition) is 1. The summed E-state index contributed by atoms with van der Waals surface area (Å²) in [4.78, 5) is 14.5. The van der Waals surface area contributed by atoms with Crippen LogP contribution in [0.25, 0.3) is 0 Å². The number of nitrogens with one attached hydrogen (secondary N) is 1. The molecule has 0 saturated carbocycles. The van der Waals surface area contributed by atoms with Gasteiger partial charge in [-0.3, -0.25) is 0 Å². The average molecular weight is 290 g/mol. The van der Waals surface area contributed by atoms with Crippen molar-refractivity contribution in [2.45, 2.75) is 45.2 Å². The molecular weight excluding hydrogens is 264 g/mol. The predicted octanol–water partition coefficient (Wildman–Crippen LogP) is 2.37. The molecule has 1 aliphatic heterocycles. The molecule has 1 aromatic carbocycles. The van der Waals surface area contributed by atoms with E-state index in [0.29, 0.717) is 12.6 Å². The summed E-state index contributed by atoms with van der Waals surface area (Å²) in [5.41, 5.74) is 1.90. The molecule has 0 aromatic heterocycles. The molecule has 4 heteroatoms. The molecule has 2 atom stereocenters. The van der Waals surface area contributed by atoms with Gasteiger partial charge in [0.15, 0.2) is 0 Å². The molecule has 0 fully saturated rings. The Balaban J connectivity index is 2.22. The van der Waals surface area contributed by atoms with E-state index in [1.54, 1.807) is 0 Å². The van der Waals surface area contributed by atoms with E-state index in [4.69, 9.17) is 4.74 Å². The normalized spacial score (nSPS) is 20.0. The fourth-order valence-electron chi connectivity index (χ4n) is 3.03. The second kappa shape index (κ2) is 6.48. The van der Waals surface area contributed by atoms with Crippen molar-refractivity contribution in [1.29, 1.82) is 0 Å². The second-order valence-corrected chi connectivity index (χ2v) is 6.06. The van der Waals surface area contributed by atoms with Crippen molar-refractivity contribution in [1.82, 2.24) is 5.32 Å². The van der Waals surface area contributed by atoms with E-state index in [9.17, 15) is 4.79 Å². The zero-order chi connectivity index (χ0) is 15.5. The lowest BCUT2D eigenvalue weighted by Crippen LogP contribution is -2.58. The minimum absolute atomic E-state index is 0.201. The Morgan fingerprint density at radius 2 is 2.19 bits per heavy atom. The summed E-state index contributed by atoms with van der Waals surface area (Å²) in [7, 11) is 1.45. The standard InChI is InChI=1S/C17H26N2O2/c1-5-10-18-17(3,16(20)21-4)12-19-13(2)11-14-8-6-7-9-15(14)19/h6-9,13,18H,5,10-12H2,1-4H3. The van der Waals surface area contributed by atoms with Crippen LogP contribution in [-0.2, 0) is 16.0 Å². The van der Waals surface area contributed by atoms with E-state index in [1.807, 2.05) is 6.92 Å². The number of carbonyl (C=O) groups excluding carboxylic acids is 1. The monoisotopic (exact) mass is 290 g/mol. The van der Waals surface area contributed by atoms with Crippen LogP contribution < -0.4 is 10.2 Å². The Bertz CT molecular complexity index is 503. The largest absolute Gasteiger partial charge is 0.468 e. The van der Waals surface area contributed by atoms with E-state index in [0.717, 1.165) is 19.4 Å². The third-order valence-corrected chi connectivity index (χ3v) is 4.24. The molecule has 0 spiro atoms. The minimum atomic E-state index is -0.684. The van der Waals surface area contributed by atoms with E-state index >= 15 is 0 Å². The number of para-hydroxylation sites is 1. The van der Waals surface area contributed by atoms with Gasteiger partial charge in [0, 0.05) is 18.3 Å². The van der Waals surface area contributed by atoms with Gasteiger partial charge in [-0.25, -0.2) is 4.79 Å². The Morgan fingerprint density at radius 1 is 1.48 bits per heavy atom. The first-order chi connectivity index (χ1) is 10.0. The van der Waals surface area contributed by atoms with Crippen LogP contribution in [0.3, 0.4) is 0 Å². The first kappa shape index (κ1) is 15.8. The number of rotatable bonds is 6. The number of ether oxygens (including phenoxy) is 1. The van der Waals surface area contributed by atoms with Gasteiger partial charge in [-0.15, -0.1) is 0 Å². The molecule has 2 unspecified atom stereocenters. The lowest BCUT2D eigenvalue weighted by Gasteiger charge is -2.35. The maximum Gasteiger partial charge on any atom is 0.327 e. The van der Waals surface area contributed by atoms with Gasteiger partial charge in [0.25, 0.3) is 0 Å². The zero-order valence-corrected chi connectivity index (χ0v) is 13.5. The van der Waals surface area contributed by atoms with Crippen molar-refractivity contribution in [2.75, 3.05) is 25.1 Å². The van der Waals surface area contributed by atoms with Gasteiger partial charge >= 0.3 is 5.97 Å². The fourth-order valence-corrected chi connectivity index (χ4v) is 3.03. The van der Waals surface area contributed by atoms with Crippen LogP contribution in [0.2, 0.25) is 0 Å². The van der Waals surface area contributed by atoms with E-state index in [1.165, 1.54) is 18.4 Å². The molecule has 21 heavy (non-hydrogen) atoms.